The van der Waals surface area contributed by atoms with Gasteiger partial charge in [-0.15, -0.1) is 22.7 Å². The van der Waals surface area contributed by atoms with E-state index in [1.807, 2.05) is 24.9 Å². The monoisotopic (exact) mass is 297 g/mol. The Morgan fingerprint density at radius 2 is 2.26 bits per heavy atom. The molecule has 2 heterocycles. The Labute approximate surface area is 119 Å². The first-order chi connectivity index (χ1) is 9.10. The number of carbonyl (C=O) groups is 1. The zero-order valence-electron chi connectivity index (χ0n) is 11.0. The molecule has 0 bridgehead atoms. The average molecular weight is 297 g/mol. The van der Waals surface area contributed by atoms with Crippen LogP contribution in [0.5, 0.6) is 0 Å². The third-order valence-corrected chi connectivity index (χ3v) is 4.57. The quantitative estimate of drug-likeness (QED) is 0.792. The predicted octanol–water partition coefficient (Wildman–Crippen LogP) is 2.26. The van der Waals surface area contributed by atoms with Crippen molar-refractivity contribution in [1.82, 2.24) is 9.97 Å². The van der Waals surface area contributed by atoms with Crippen molar-refractivity contribution >= 4 is 33.8 Å². The van der Waals surface area contributed by atoms with Crippen LogP contribution in [-0.4, -0.2) is 30.1 Å². The molecule has 2 aromatic rings. The standard InChI is InChI=1S/C12H15N3O2S2/c1-8-10(19-7-13-8)5-15(2)12-14-9(6-18-12)4-11(16)17-3/h6-7H,4-5H2,1-3H3. The number of esters is 1. The Morgan fingerprint density at radius 3 is 2.89 bits per heavy atom. The third-order valence-electron chi connectivity index (χ3n) is 2.64. The summed E-state index contributed by atoms with van der Waals surface area (Å²) in [6.07, 6.45) is 0.223. The van der Waals surface area contributed by atoms with Gasteiger partial charge < -0.3 is 9.64 Å². The minimum atomic E-state index is -0.266. The lowest BCUT2D eigenvalue weighted by molar-refractivity contribution is -0.139. The summed E-state index contributed by atoms with van der Waals surface area (Å²) < 4.78 is 4.63. The Balaban J connectivity index is 2.02. The van der Waals surface area contributed by atoms with Gasteiger partial charge in [0.05, 0.1) is 37.0 Å². The van der Waals surface area contributed by atoms with Crippen LogP contribution in [0.3, 0.4) is 0 Å². The van der Waals surface area contributed by atoms with Crippen LogP contribution >= 0.6 is 22.7 Å². The van der Waals surface area contributed by atoms with E-state index in [1.165, 1.54) is 23.3 Å². The maximum absolute atomic E-state index is 11.2. The minimum Gasteiger partial charge on any atom is -0.469 e. The molecule has 0 radical (unpaired) electrons. The van der Waals surface area contributed by atoms with E-state index < -0.39 is 0 Å². The molecular weight excluding hydrogens is 282 g/mol. The van der Waals surface area contributed by atoms with Crippen LogP contribution in [0.1, 0.15) is 16.3 Å². The molecule has 0 aliphatic heterocycles. The molecule has 0 fully saturated rings. The second kappa shape index (κ2) is 6.12. The van der Waals surface area contributed by atoms with Gasteiger partial charge in [0.15, 0.2) is 5.13 Å². The predicted molar refractivity (Wildman–Crippen MR) is 76.8 cm³/mol. The molecule has 0 amide bonds. The van der Waals surface area contributed by atoms with E-state index in [2.05, 4.69) is 19.6 Å². The summed E-state index contributed by atoms with van der Waals surface area (Å²) >= 11 is 3.17. The zero-order chi connectivity index (χ0) is 13.8. The van der Waals surface area contributed by atoms with Crippen LogP contribution in [0.2, 0.25) is 0 Å². The molecule has 102 valence electrons. The fraction of sp³-hybridized carbons (Fsp3) is 0.417. The molecule has 0 unspecified atom stereocenters. The van der Waals surface area contributed by atoms with Crippen LogP contribution in [-0.2, 0) is 22.5 Å². The zero-order valence-corrected chi connectivity index (χ0v) is 12.7. The Hall–Kier alpha value is -1.47. The molecule has 0 saturated heterocycles. The highest BCUT2D eigenvalue weighted by Gasteiger charge is 2.12. The van der Waals surface area contributed by atoms with Crippen molar-refractivity contribution in [3.8, 4) is 0 Å². The SMILES string of the molecule is COC(=O)Cc1csc(N(C)Cc2scnc2C)n1. The molecule has 0 aliphatic rings. The summed E-state index contributed by atoms with van der Waals surface area (Å²) in [6, 6.07) is 0. The molecular formula is C12H15N3O2S2. The van der Waals surface area contributed by atoms with E-state index in [9.17, 15) is 4.79 Å². The van der Waals surface area contributed by atoms with Crippen LogP contribution in [0.4, 0.5) is 5.13 Å². The van der Waals surface area contributed by atoms with Crippen molar-refractivity contribution in [3.63, 3.8) is 0 Å². The van der Waals surface area contributed by atoms with Crippen molar-refractivity contribution in [2.45, 2.75) is 19.9 Å². The molecule has 0 aliphatic carbocycles. The summed E-state index contributed by atoms with van der Waals surface area (Å²) in [6.45, 7) is 2.78. The fourth-order valence-corrected chi connectivity index (χ4v) is 3.16. The van der Waals surface area contributed by atoms with Crippen molar-refractivity contribution in [1.29, 1.82) is 0 Å². The van der Waals surface area contributed by atoms with E-state index in [0.29, 0.717) is 0 Å². The highest BCUT2D eigenvalue weighted by atomic mass is 32.1. The van der Waals surface area contributed by atoms with Crippen molar-refractivity contribution in [2.75, 3.05) is 19.1 Å². The van der Waals surface area contributed by atoms with Gasteiger partial charge in [-0.25, -0.2) is 9.97 Å². The fourth-order valence-electron chi connectivity index (χ4n) is 1.53. The van der Waals surface area contributed by atoms with Gasteiger partial charge >= 0.3 is 5.97 Å². The molecule has 0 atom stereocenters. The van der Waals surface area contributed by atoms with Crippen LogP contribution in [0.15, 0.2) is 10.9 Å². The lowest BCUT2D eigenvalue weighted by Crippen LogP contribution is -2.16. The Bertz CT molecular complexity index is 565. The van der Waals surface area contributed by atoms with E-state index >= 15 is 0 Å². The molecule has 2 aromatic heterocycles. The highest BCUT2D eigenvalue weighted by Crippen LogP contribution is 2.23. The van der Waals surface area contributed by atoms with Crippen LogP contribution < -0.4 is 4.90 Å². The van der Waals surface area contributed by atoms with Crippen LogP contribution in [0, 0.1) is 6.92 Å². The van der Waals surface area contributed by atoms with Crippen LogP contribution in [0.25, 0.3) is 0 Å². The van der Waals surface area contributed by atoms with Gasteiger partial charge in [-0.3, -0.25) is 4.79 Å². The highest BCUT2D eigenvalue weighted by molar-refractivity contribution is 7.13. The Morgan fingerprint density at radius 1 is 1.47 bits per heavy atom. The summed E-state index contributed by atoms with van der Waals surface area (Å²) in [4.78, 5) is 23.1. The maximum Gasteiger partial charge on any atom is 0.311 e. The molecule has 5 nitrogen and oxygen atoms in total. The van der Waals surface area contributed by atoms with E-state index in [-0.39, 0.29) is 12.4 Å². The topological polar surface area (TPSA) is 55.3 Å². The first-order valence-electron chi connectivity index (χ1n) is 5.71. The maximum atomic E-state index is 11.2. The normalized spacial score (nSPS) is 10.5. The molecule has 2 rings (SSSR count). The van der Waals surface area contributed by atoms with E-state index in [0.717, 1.165) is 23.1 Å². The number of hydrogen-bond acceptors (Lipinski definition) is 7. The van der Waals surface area contributed by atoms with E-state index in [1.54, 1.807) is 11.3 Å². The van der Waals surface area contributed by atoms with Gasteiger partial charge in [-0.05, 0) is 6.92 Å². The van der Waals surface area contributed by atoms with Gasteiger partial charge in [0.1, 0.15) is 0 Å². The molecule has 0 spiro atoms. The second-order valence-corrected chi connectivity index (χ2v) is 5.87. The summed E-state index contributed by atoms with van der Waals surface area (Å²) in [5.41, 5.74) is 3.66. The van der Waals surface area contributed by atoms with Gasteiger partial charge in [0, 0.05) is 17.3 Å². The van der Waals surface area contributed by atoms with Gasteiger partial charge in [0.2, 0.25) is 0 Å². The van der Waals surface area contributed by atoms with Crippen molar-refractivity contribution in [3.05, 3.63) is 27.2 Å². The molecule has 19 heavy (non-hydrogen) atoms. The number of methoxy groups -OCH3 is 1. The first kappa shape index (κ1) is 14.0. The van der Waals surface area contributed by atoms with Crippen molar-refractivity contribution < 1.29 is 9.53 Å². The molecule has 7 heteroatoms. The first-order valence-corrected chi connectivity index (χ1v) is 7.47. The number of carbonyl (C=O) groups excluding carboxylic acids is 1. The minimum absolute atomic E-state index is 0.223. The van der Waals surface area contributed by atoms with Crippen molar-refractivity contribution in [2.24, 2.45) is 0 Å². The number of aromatic nitrogens is 2. The number of aryl methyl sites for hydroxylation is 1. The second-order valence-electron chi connectivity index (χ2n) is 4.09. The molecule has 0 saturated carbocycles. The summed E-state index contributed by atoms with van der Waals surface area (Å²) in [5, 5.41) is 2.79. The van der Waals surface area contributed by atoms with Gasteiger partial charge in [0.25, 0.3) is 0 Å². The lowest BCUT2D eigenvalue weighted by Gasteiger charge is -2.14. The molecule has 0 aromatic carbocycles. The number of anilines is 1. The number of nitrogens with zero attached hydrogens (tertiary/aromatic N) is 3. The third kappa shape index (κ3) is 3.51. The smallest absolute Gasteiger partial charge is 0.311 e. The lowest BCUT2D eigenvalue weighted by atomic mass is 10.3. The number of hydrogen-bond donors (Lipinski definition) is 0. The van der Waals surface area contributed by atoms with Gasteiger partial charge in [-0.1, -0.05) is 0 Å². The number of ether oxygens (including phenoxy) is 1. The summed E-state index contributed by atoms with van der Waals surface area (Å²) in [7, 11) is 3.37. The number of rotatable bonds is 5. The average Bonchev–Trinajstić information content (AvgIpc) is 2.99. The summed E-state index contributed by atoms with van der Waals surface area (Å²) in [5.74, 6) is -0.266. The largest absolute Gasteiger partial charge is 0.469 e. The molecule has 0 N–H and O–H groups in total. The number of thiazole rings is 2. The Kier molecular flexibility index (Phi) is 4.49. The van der Waals surface area contributed by atoms with E-state index in [4.69, 9.17) is 0 Å². The van der Waals surface area contributed by atoms with Gasteiger partial charge in [-0.2, -0.15) is 0 Å².